The van der Waals surface area contributed by atoms with Crippen LogP contribution in [0.25, 0.3) is 55.0 Å². The van der Waals surface area contributed by atoms with Crippen LogP contribution in [-0.2, 0) is 0 Å². The Hall–Kier alpha value is -5.60. The van der Waals surface area contributed by atoms with Crippen LogP contribution in [0, 0.1) is 0 Å². The fraction of sp³-hybridized carbons (Fsp3) is 0. The van der Waals surface area contributed by atoms with Crippen LogP contribution in [0.1, 0.15) is 0 Å². The van der Waals surface area contributed by atoms with Gasteiger partial charge in [0.05, 0.1) is 0 Å². The molecule has 0 aliphatic carbocycles. The molecule has 2 nitrogen and oxygen atoms in total. The van der Waals surface area contributed by atoms with Gasteiger partial charge in [-0.25, -0.2) is 0 Å². The molecule has 0 amide bonds. The summed E-state index contributed by atoms with van der Waals surface area (Å²) < 4.78 is 6.49. The van der Waals surface area contributed by atoms with Crippen molar-refractivity contribution >= 4 is 49.8 Å². The number of fused-ring (bicyclic) bond motifs is 5. The van der Waals surface area contributed by atoms with Gasteiger partial charge in [0.15, 0.2) is 0 Å². The third kappa shape index (κ3) is 4.13. The fourth-order valence-electron chi connectivity index (χ4n) is 6.09. The van der Waals surface area contributed by atoms with Gasteiger partial charge in [0, 0.05) is 33.2 Å². The third-order valence-electron chi connectivity index (χ3n) is 8.03. The van der Waals surface area contributed by atoms with Crippen molar-refractivity contribution < 1.29 is 4.42 Å². The molecule has 1 aromatic heterocycles. The molecule has 0 radical (unpaired) electrons. The predicted octanol–water partition coefficient (Wildman–Crippen LogP) is 11.5. The zero-order valence-electron chi connectivity index (χ0n) is 22.9. The monoisotopic (exact) mass is 537 g/mol. The average Bonchev–Trinajstić information content (AvgIpc) is 3.46. The summed E-state index contributed by atoms with van der Waals surface area (Å²) in [5.41, 5.74) is 9.86. The molecule has 42 heavy (non-hydrogen) atoms. The highest BCUT2D eigenvalue weighted by Crippen LogP contribution is 2.42. The Morgan fingerprint density at radius 2 is 1.02 bits per heavy atom. The summed E-state index contributed by atoms with van der Waals surface area (Å²) in [7, 11) is 0. The molecule has 0 N–H and O–H groups in total. The normalized spacial score (nSPS) is 11.3. The Morgan fingerprint density at radius 3 is 1.83 bits per heavy atom. The number of para-hydroxylation sites is 1. The SMILES string of the molecule is c1ccc(-c2cccc(N(c3ccccc3)c3cccc(-c4cccc5oc6c7ccccc7ccc6c45)c3)c2)cc1. The summed E-state index contributed by atoms with van der Waals surface area (Å²) >= 11 is 0. The second-order valence-corrected chi connectivity index (χ2v) is 10.6. The van der Waals surface area contributed by atoms with Crippen LogP contribution in [-0.4, -0.2) is 0 Å². The zero-order valence-corrected chi connectivity index (χ0v) is 22.9. The number of anilines is 3. The van der Waals surface area contributed by atoms with E-state index in [0.29, 0.717) is 0 Å². The molecule has 0 saturated carbocycles. The summed E-state index contributed by atoms with van der Waals surface area (Å²) in [6, 6.07) is 57.9. The maximum absolute atomic E-state index is 6.49. The molecule has 0 saturated heterocycles. The van der Waals surface area contributed by atoms with Gasteiger partial charge in [0.1, 0.15) is 11.2 Å². The topological polar surface area (TPSA) is 16.4 Å². The highest BCUT2D eigenvalue weighted by Gasteiger charge is 2.17. The molecule has 0 aliphatic heterocycles. The summed E-state index contributed by atoms with van der Waals surface area (Å²) in [5, 5.41) is 4.61. The average molecular weight is 538 g/mol. The van der Waals surface area contributed by atoms with E-state index in [9.17, 15) is 0 Å². The minimum Gasteiger partial charge on any atom is -0.455 e. The molecule has 0 spiro atoms. The molecule has 7 aromatic carbocycles. The van der Waals surface area contributed by atoms with E-state index >= 15 is 0 Å². The van der Waals surface area contributed by atoms with Crippen LogP contribution >= 0.6 is 0 Å². The van der Waals surface area contributed by atoms with Crippen LogP contribution in [0.5, 0.6) is 0 Å². The summed E-state index contributed by atoms with van der Waals surface area (Å²) in [4.78, 5) is 2.33. The maximum atomic E-state index is 6.49. The van der Waals surface area contributed by atoms with Crippen LogP contribution in [0.3, 0.4) is 0 Å². The molecule has 0 fully saturated rings. The van der Waals surface area contributed by atoms with Crippen molar-refractivity contribution in [1.29, 1.82) is 0 Å². The van der Waals surface area contributed by atoms with Gasteiger partial charge in [-0.1, -0.05) is 115 Å². The van der Waals surface area contributed by atoms with Gasteiger partial charge < -0.3 is 9.32 Å². The van der Waals surface area contributed by atoms with Gasteiger partial charge in [-0.05, 0) is 76.2 Å². The summed E-state index contributed by atoms with van der Waals surface area (Å²) in [6.45, 7) is 0. The molecule has 1 heterocycles. The van der Waals surface area contributed by atoms with Crippen molar-refractivity contribution in [2.24, 2.45) is 0 Å². The molecule has 0 bridgehead atoms. The lowest BCUT2D eigenvalue weighted by atomic mass is 9.97. The molecule has 8 rings (SSSR count). The number of nitrogens with zero attached hydrogens (tertiary/aromatic N) is 1. The first-order valence-corrected chi connectivity index (χ1v) is 14.3. The second kappa shape index (κ2) is 10.1. The number of hydrogen-bond acceptors (Lipinski definition) is 2. The second-order valence-electron chi connectivity index (χ2n) is 10.6. The Kier molecular flexibility index (Phi) is 5.82. The maximum Gasteiger partial charge on any atom is 0.143 e. The highest BCUT2D eigenvalue weighted by molar-refractivity contribution is 6.19. The van der Waals surface area contributed by atoms with Crippen molar-refractivity contribution in [2.75, 3.05) is 4.90 Å². The van der Waals surface area contributed by atoms with E-state index in [1.807, 2.05) is 0 Å². The summed E-state index contributed by atoms with van der Waals surface area (Å²) in [5.74, 6) is 0. The quantitative estimate of drug-likeness (QED) is 0.217. The molecular formula is C40H27NO. The van der Waals surface area contributed by atoms with Crippen molar-refractivity contribution in [3.8, 4) is 22.3 Å². The highest BCUT2D eigenvalue weighted by atomic mass is 16.3. The van der Waals surface area contributed by atoms with Gasteiger partial charge >= 0.3 is 0 Å². The van der Waals surface area contributed by atoms with Crippen LogP contribution in [0.15, 0.2) is 168 Å². The predicted molar refractivity (Wildman–Crippen MR) is 177 cm³/mol. The van der Waals surface area contributed by atoms with Gasteiger partial charge in [-0.3, -0.25) is 0 Å². The summed E-state index contributed by atoms with van der Waals surface area (Å²) in [6.07, 6.45) is 0. The van der Waals surface area contributed by atoms with E-state index in [0.717, 1.165) is 55.5 Å². The fourth-order valence-corrected chi connectivity index (χ4v) is 6.09. The first-order valence-electron chi connectivity index (χ1n) is 14.3. The minimum absolute atomic E-state index is 0.903. The molecule has 198 valence electrons. The van der Waals surface area contributed by atoms with Crippen LogP contribution in [0.4, 0.5) is 17.1 Å². The first-order chi connectivity index (χ1) is 20.8. The lowest BCUT2D eigenvalue weighted by molar-refractivity contribution is 0.673. The van der Waals surface area contributed by atoms with E-state index < -0.39 is 0 Å². The van der Waals surface area contributed by atoms with E-state index in [-0.39, 0.29) is 0 Å². The lowest BCUT2D eigenvalue weighted by Crippen LogP contribution is -2.10. The Labute approximate surface area is 244 Å². The Balaban J connectivity index is 1.30. The number of hydrogen-bond donors (Lipinski definition) is 0. The number of furan rings is 1. The van der Waals surface area contributed by atoms with Crippen LogP contribution in [0.2, 0.25) is 0 Å². The molecule has 0 aliphatic rings. The third-order valence-corrected chi connectivity index (χ3v) is 8.03. The number of benzene rings is 7. The van der Waals surface area contributed by atoms with Crippen molar-refractivity contribution in [3.05, 3.63) is 164 Å². The van der Waals surface area contributed by atoms with Gasteiger partial charge in [0.25, 0.3) is 0 Å². The van der Waals surface area contributed by atoms with E-state index in [2.05, 4.69) is 169 Å². The van der Waals surface area contributed by atoms with E-state index in [1.54, 1.807) is 0 Å². The van der Waals surface area contributed by atoms with E-state index in [1.165, 1.54) is 16.5 Å². The van der Waals surface area contributed by atoms with Crippen LogP contribution < -0.4 is 4.90 Å². The van der Waals surface area contributed by atoms with Crippen molar-refractivity contribution in [1.82, 2.24) is 0 Å². The van der Waals surface area contributed by atoms with E-state index in [4.69, 9.17) is 4.42 Å². The first kappa shape index (κ1) is 24.2. The smallest absolute Gasteiger partial charge is 0.143 e. The van der Waals surface area contributed by atoms with Crippen molar-refractivity contribution in [2.45, 2.75) is 0 Å². The zero-order chi connectivity index (χ0) is 27.9. The Bertz CT molecular complexity index is 2200. The van der Waals surface area contributed by atoms with Crippen molar-refractivity contribution in [3.63, 3.8) is 0 Å². The van der Waals surface area contributed by atoms with Gasteiger partial charge in [0.2, 0.25) is 0 Å². The minimum atomic E-state index is 0.903. The lowest BCUT2D eigenvalue weighted by Gasteiger charge is -2.26. The molecule has 2 heteroatoms. The van der Waals surface area contributed by atoms with Gasteiger partial charge in [-0.2, -0.15) is 0 Å². The molecule has 0 atom stereocenters. The standard InChI is InChI=1S/C40H27NO/c1-3-12-28(13-4-1)30-15-9-19-33(26-30)41(32-17-5-2-6-18-32)34-20-10-16-31(27-34)35-22-11-23-38-39(35)37-25-24-29-14-7-8-21-36(29)40(37)42-38/h1-27H. The number of rotatable bonds is 5. The van der Waals surface area contributed by atoms with Gasteiger partial charge in [-0.15, -0.1) is 0 Å². The largest absolute Gasteiger partial charge is 0.455 e. The molecule has 8 aromatic rings. The molecular weight excluding hydrogens is 510 g/mol. The Morgan fingerprint density at radius 1 is 0.405 bits per heavy atom. The molecule has 0 unspecified atom stereocenters.